The minimum Gasteiger partial charge on any atom is -0.444 e. The number of nitrogens with zero attached hydrogens (tertiary/aromatic N) is 2. The second-order valence-corrected chi connectivity index (χ2v) is 8.06. The highest BCUT2D eigenvalue weighted by atomic mass is 127. The van der Waals surface area contributed by atoms with E-state index in [1.807, 2.05) is 13.8 Å². The van der Waals surface area contributed by atoms with Crippen LogP contribution in [0.2, 0.25) is 0 Å². The first-order valence-electron chi connectivity index (χ1n) is 10.8. The monoisotopic (exact) mass is 525 g/mol. The third-order valence-electron chi connectivity index (χ3n) is 5.77. The van der Waals surface area contributed by atoms with Crippen LogP contribution in [0.3, 0.4) is 0 Å². The number of halogens is 1. The molecule has 30 heavy (non-hydrogen) atoms. The number of benzene rings is 1. The molecule has 166 valence electrons. The number of aromatic nitrogens is 1. The average molecular weight is 525 g/mol. The van der Waals surface area contributed by atoms with Crippen molar-refractivity contribution >= 4 is 29.9 Å². The molecule has 0 radical (unpaired) electrons. The maximum atomic E-state index is 5.66. The van der Waals surface area contributed by atoms with Crippen LogP contribution >= 0.6 is 24.0 Å². The standard InChI is InChI=1S/C23H35N5O.HI/c1-5-24-22(25-15-21-27-17(2)19(4)29-21)26-16-23(13-9-10-14-23)28-18(3)20-11-7-6-8-12-20;/h6-8,11-12,18,28H,5,9-10,13-16H2,1-4H3,(H2,24,25,26);1H. The Morgan fingerprint density at radius 3 is 2.47 bits per heavy atom. The molecule has 6 nitrogen and oxygen atoms in total. The Labute approximate surface area is 197 Å². The van der Waals surface area contributed by atoms with Crippen LogP contribution < -0.4 is 16.0 Å². The molecule has 1 aliphatic rings. The van der Waals surface area contributed by atoms with Gasteiger partial charge in [-0.25, -0.2) is 9.98 Å². The summed E-state index contributed by atoms with van der Waals surface area (Å²) in [6.45, 7) is 10.3. The molecule has 1 unspecified atom stereocenters. The highest BCUT2D eigenvalue weighted by Gasteiger charge is 2.35. The van der Waals surface area contributed by atoms with E-state index in [1.54, 1.807) is 0 Å². The van der Waals surface area contributed by atoms with Gasteiger partial charge in [-0.3, -0.25) is 0 Å². The molecule has 0 spiro atoms. The van der Waals surface area contributed by atoms with E-state index in [1.165, 1.54) is 31.2 Å². The molecule has 3 rings (SSSR count). The van der Waals surface area contributed by atoms with Crippen LogP contribution in [0, 0.1) is 13.8 Å². The average Bonchev–Trinajstić information content (AvgIpc) is 3.31. The predicted molar refractivity (Wildman–Crippen MR) is 133 cm³/mol. The summed E-state index contributed by atoms with van der Waals surface area (Å²) in [6, 6.07) is 11.0. The summed E-state index contributed by atoms with van der Waals surface area (Å²) in [6.07, 6.45) is 4.88. The van der Waals surface area contributed by atoms with Gasteiger partial charge in [0.15, 0.2) is 5.96 Å². The summed E-state index contributed by atoms with van der Waals surface area (Å²) < 4.78 is 5.66. The van der Waals surface area contributed by atoms with E-state index in [2.05, 4.69) is 70.1 Å². The summed E-state index contributed by atoms with van der Waals surface area (Å²) in [5.41, 5.74) is 2.34. The fourth-order valence-electron chi connectivity index (χ4n) is 4.06. The number of aliphatic imine (C=N–C) groups is 1. The maximum Gasteiger partial charge on any atom is 0.216 e. The van der Waals surface area contributed by atoms with Crippen molar-refractivity contribution in [2.75, 3.05) is 13.1 Å². The highest BCUT2D eigenvalue weighted by Crippen LogP contribution is 2.31. The summed E-state index contributed by atoms with van der Waals surface area (Å²) in [7, 11) is 0. The maximum absolute atomic E-state index is 5.66. The molecule has 1 aromatic heterocycles. The van der Waals surface area contributed by atoms with Crippen molar-refractivity contribution in [2.45, 2.75) is 71.5 Å². The molecule has 0 amide bonds. The van der Waals surface area contributed by atoms with Gasteiger partial charge in [-0.1, -0.05) is 43.2 Å². The second-order valence-electron chi connectivity index (χ2n) is 8.06. The van der Waals surface area contributed by atoms with Crippen molar-refractivity contribution in [3.63, 3.8) is 0 Å². The Morgan fingerprint density at radius 1 is 1.17 bits per heavy atom. The third kappa shape index (κ3) is 6.70. The normalized spacial score (nSPS) is 16.7. The van der Waals surface area contributed by atoms with Crippen molar-refractivity contribution in [2.24, 2.45) is 4.99 Å². The molecule has 7 heteroatoms. The number of hydrogen-bond acceptors (Lipinski definition) is 4. The van der Waals surface area contributed by atoms with Gasteiger partial charge in [0.05, 0.1) is 5.69 Å². The molecule has 1 aliphatic carbocycles. The van der Waals surface area contributed by atoms with Crippen LogP contribution in [0.1, 0.15) is 68.5 Å². The molecule has 2 aromatic rings. The first-order chi connectivity index (χ1) is 14.0. The van der Waals surface area contributed by atoms with E-state index < -0.39 is 0 Å². The molecule has 1 saturated carbocycles. The van der Waals surface area contributed by atoms with E-state index in [0.717, 1.165) is 30.5 Å². The minimum absolute atomic E-state index is 0. The van der Waals surface area contributed by atoms with E-state index in [4.69, 9.17) is 4.42 Å². The van der Waals surface area contributed by atoms with Gasteiger partial charge in [0.1, 0.15) is 12.3 Å². The molecule has 3 N–H and O–H groups in total. The SMILES string of the molecule is CCNC(=NCc1nc(C)c(C)o1)NCC1(NC(C)c2ccccc2)CCCC1.I. The van der Waals surface area contributed by atoms with Gasteiger partial charge in [0.2, 0.25) is 5.89 Å². The second kappa shape index (κ2) is 11.7. The predicted octanol–water partition coefficient (Wildman–Crippen LogP) is 4.63. The quantitative estimate of drug-likeness (QED) is 0.266. The van der Waals surface area contributed by atoms with Gasteiger partial charge < -0.3 is 20.4 Å². The number of oxazole rings is 1. The number of guanidine groups is 1. The van der Waals surface area contributed by atoms with Gasteiger partial charge in [0, 0.05) is 24.7 Å². The minimum atomic E-state index is 0. The van der Waals surface area contributed by atoms with Crippen molar-refractivity contribution in [3.8, 4) is 0 Å². The zero-order valence-corrected chi connectivity index (χ0v) is 21.0. The Morgan fingerprint density at radius 2 is 1.87 bits per heavy atom. The summed E-state index contributed by atoms with van der Waals surface area (Å²) in [5.74, 6) is 2.32. The molecular weight excluding hydrogens is 489 g/mol. The zero-order valence-electron chi connectivity index (χ0n) is 18.6. The lowest BCUT2D eigenvalue weighted by atomic mass is 9.94. The van der Waals surface area contributed by atoms with Gasteiger partial charge in [-0.2, -0.15) is 0 Å². The summed E-state index contributed by atoms with van der Waals surface area (Å²) in [4.78, 5) is 9.10. The number of rotatable bonds is 8. The fraction of sp³-hybridized carbons (Fsp3) is 0.565. The van der Waals surface area contributed by atoms with Crippen LogP contribution in [0.25, 0.3) is 0 Å². The summed E-state index contributed by atoms with van der Waals surface area (Å²) >= 11 is 0. The molecule has 1 atom stereocenters. The number of nitrogens with one attached hydrogen (secondary N) is 3. The van der Waals surface area contributed by atoms with Crippen molar-refractivity contribution in [1.82, 2.24) is 20.9 Å². The molecule has 1 heterocycles. The van der Waals surface area contributed by atoms with Crippen LogP contribution in [0.4, 0.5) is 0 Å². The molecule has 1 fully saturated rings. The molecule has 0 aliphatic heterocycles. The highest BCUT2D eigenvalue weighted by molar-refractivity contribution is 14.0. The van der Waals surface area contributed by atoms with Gasteiger partial charge in [-0.05, 0) is 46.1 Å². The smallest absolute Gasteiger partial charge is 0.216 e. The lowest BCUT2D eigenvalue weighted by molar-refractivity contribution is 0.297. The van der Waals surface area contributed by atoms with Crippen LogP contribution in [-0.2, 0) is 6.54 Å². The lowest BCUT2D eigenvalue weighted by Gasteiger charge is -2.35. The van der Waals surface area contributed by atoms with Crippen LogP contribution in [0.5, 0.6) is 0 Å². The zero-order chi connectivity index (χ0) is 20.7. The summed E-state index contributed by atoms with van der Waals surface area (Å²) in [5, 5.41) is 10.8. The van der Waals surface area contributed by atoms with Crippen molar-refractivity contribution in [1.29, 1.82) is 0 Å². The fourth-order valence-corrected chi connectivity index (χ4v) is 4.06. The molecular formula is C23H36IN5O. The molecule has 1 aromatic carbocycles. The van der Waals surface area contributed by atoms with Crippen LogP contribution in [0.15, 0.2) is 39.7 Å². The van der Waals surface area contributed by atoms with E-state index in [0.29, 0.717) is 18.5 Å². The molecule has 0 bridgehead atoms. The van der Waals surface area contributed by atoms with Crippen molar-refractivity contribution < 1.29 is 4.42 Å². The van der Waals surface area contributed by atoms with E-state index in [9.17, 15) is 0 Å². The Hall–Kier alpha value is -1.61. The third-order valence-corrected chi connectivity index (χ3v) is 5.77. The Bertz CT molecular complexity index is 780. The topological polar surface area (TPSA) is 74.5 Å². The number of aryl methyl sites for hydroxylation is 2. The molecule has 0 saturated heterocycles. The van der Waals surface area contributed by atoms with Crippen LogP contribution in [-0.4, -0.2) is 29.6 Å². The first-order valence-corrected chi connectivity index (χ1v) is 10.8. The largest absolute Gasteiger partial charge is 0.444 e. The van der Waals surface area contributed by atoms with Gasteiger partial charge >= 0.3 is 0 Å². The van der Waals surface area contributed by atoms with Crippen molar-refractivity contribution in [3.05, 3.63) is 53.2 Å². The number of hydrogen-bond donors (Lipinski definition) is 3. The lowest BCUT2D eigenvalue weighted by Crippen LogP contribution is -2.54. The Kier molecular flexibility index (Phi) is 9.61. The van der Waals surface area contributed by atoms with E-state index in [-0.39, 0.29) is 29.5 Å². The first kappa shape index (κ1) is 24.7. The van der Waals surface area contributed by atoms with Gasteiger partial charge in [-0.15, -0.1) is 24.0 Å². The van der Waals surface area contributed by atoms with E-state index >= 15 is 0 Å². The van der Waals surface area contributed by atoms with Gasteiger partial charge in [0.25, 0.3) is 0 Å². The Balaban J connectivity index is 0.00000320.